The van der Waals surface area contributed by atoms with Gasteiger partial charge in [0.05, 0.1) is 0 Å². The van der Waals surface area contributed by atoms with E-state index in [2.05, 4.69) is 140 Å². The molecule has 6 rings (SSSR count). The first-order valence-electron chi connectivity index (χ1n) is 17.9. The molecule has 0 radical (unpaired) electrons. The van der Waals surface area contributed by atoms with Gasteiger partial charge in [-0.25, -0.2) is 0 Å². The van der Waals surface area contributed by atoms with Crippen LogP contribution >= 0.6 is 0 Å². The second-order valence-electron chi connectivity index (χ2n) is 17.0. The number of fused-ring (bicyclic) bond motifs is 3. The fraction of sp³-hybridized carbons (Fsp3) is 0.591. The molecule has 0 spiro atoms. The van der Waals surface area contributed by atoms with E-state index >= 15 is 0 Å². The fourth-order valence-corrected chi connectivity index (χ4v) is 7.57. The van der Waals surface area contributed by atoms with Gasteiger partial charge in [0.25, 0.3) is 0 Å². The van der Waals surface area contributed by atoms with Gasteiger partial charge in [-0.1, -0.05) is 135 Å². The van der Waals surface area contributed by atoms with Crippen molar-refractivity contribution in [1.29, 1.82) is 0 Å². The monoisotopic (exact) mass is 666 g/mol. The smallest absolute Gasteiger partial charge is 0.386 e. The molecule has 0 aliphatic heterocycles. The standard InChI is InChI=1S/C14H20.2C13H18.C2H3F3.C2H6O/c1-14(2,3)13-10-6-8-11-7-4-5-9-12(11)13;2*1-13(2,3)12-9-8-10-6-4-5-7-11(10)12;1-2(3,4)5;1-3-2/h4-5,7,9,13H,6,8,10H2,1-3H3;2*4-7,12H,8-9H2,1-3H3;1H3;1-2H3. The van der Waals surface area contributed by atoms with Crippen molar-refractivity contribution in [3.63, 3.8) is 0 Å². The zero-order valence-electron chi connectivity index (χ0n) is 32.2. The summed E-state index contributed by atoms with van der Waals surface area (Å²) < 4.78 is 35.3. The molecule has 0 saturated heterocycles. The summed E-state index contributed by atoms with van der Waals surface area (Å²) in [5.41, 5.74) is 10.8. The van der Waals surface area contributed by atoms with Gasteiger partial charge in [0.1, 0.15) is 0 Å². The van der Waals surface area contributed by atoms with Crippen molar-refractivity contribution in [3.05, 3.63) is 106 Å². The topological polar surface area (TPSA) is 9.23 Å². The molecule has 0 bridgehead atoms. The van der Waals surface area contributed by atoms with Crippen LogP contribution in [0.4, 0.5) is 13.2 Å². The maximum absolute atomic E-state index is 10.4. The van der Waals surface area contributed by atoms with Gasteiger partial charge in [0, 0.05) is 21.1 Å². The Morgan fingerprint density at radius 1 is 0.458 bits per heavy atom. The predicted octanol–water partition coefficient (Wildman–Crippen LogP) is 13.5. The molecule has 4 heteroatoms. The largest absolute Gasteiger partial charge is 0.388 e. The van der Waals surface area contributed by atoms with Crippen molar-refractivity contribution in [1.82, 2.24) is 0 Å². The second-order valence-corrected chi connectivity index (χ2v) is 17.0. The minimum atomic E-state index is -4.00. The molecule has 3 aliphatic rings. The maximum atomic E-state index is 10.4. The maximum Gasteiger partial charge on any atom is 0.386 e. The Morgan fingerprint density at radius 3 is 1.00 bits per heavy atom. The van der Waals surface area contributed by atoms with Gasteiger partial charge in [0.2, 0.25) is 0 Å². The van der Waals surface area contributed by atoms with Gasteiger partial charge in [0.15, 0.2) is 0 Å². The Morgan fingerprint density at radius 2 is 0.708 bits per heavy atom. The predicted molar refractivity (Wildman–Crippen MR) is 200 cm³/mol. The number of aryl methyl sites for hydroxylation is 3. The van der Waals surface area contributed by atoms with E-state index < -0.39 is 6.18 Å². The molecule has 0 aromatic heterocycles. The molecule has 48 heavy (non-hydrogen) atoms. The molecule has 0 amide bonds. The first-order valence-corrected chi connectivity index (χ1v) is 17.9. The number of alkyl halides is 3. The number of benzene rings is 3. The number of rotatable bonds is 0. The van der Waals surface area contributed by atoms with Crippen LogP contribution in [-0.4, -0.2) is 20.4 Å². The molecule has 0 fully saturated rings. The molecule has 1 nitrogen and oxygen atoms in total. The van der Waals surface area contributed by atoms with Crippen LogP contribution in [0, 0.1) is 16.2 Å². The normalized spacial score (nSPS) is 19.7. The Balaban J connectivity index is 0.000000225. The van der Waals surface area contributed by atoms with Gasteiger partial charge >= 0.3 is 6.18 Å². The summed E-state index contributed by atoms with van der Waals surface area (Å²) in [7, 11) is 3.25. The highest BCUT2D eigenvalue weighted by molar-refractivity contribution is 5.37. The summed E-state index contributed by atoms with van der Waals surface area (Å²) in [6, 6.07) is 26.8. The summed E-state index contributed by atoms with van der Waals surface area (Å²) in [5, 5.41) is 0. The SMILES string of the molecule is CC(C)(C)C1CCCc2ccccc21.CC(C)(C)C1CCc2ccccc21.CC(C)(C)C1CCc2ccccc21.CC(F)(F)F.COC. The number of ether oxygens (including phenoxy) is 1. The van der Waals surface area contributed by atoms with Gasteiger partial charge in [-0.15, -0.1) is 0 Å². The van der Waals surface area contributed by atoms with Crippen LogP contribution in [0.1, 0.15) is 146 Å². The van der Waals surface area contributed by atoms with Crippen molar-refractivity contribution in [2.45, 2.75) is 138 Å². The van der Waals surface area contributed by atoms with Crippen LogP contribution in [0.15, 0.2) is 72.8 Å². The lowest BCUT2D eigenvalue weighted by Gasteiger charge is -2.35. The van der Waals surface area contributed by atoms with Crippen LogP contribution in [0.25, 0.3) is 0 Å². The van der Waals surface area contributed by atoms with Gasteiger partial charge in [-0.05, 0) is 112 Å². The third-order valence-electron chi connectivity index (χ3n) is 9.77. The van der Waals surface area contributed by atoms with Crippen molar-refractivity contribution in [2.24, 2.45) is 16.2 Å². The van der Waals surface area contributed by atoms with Crippen LogP contribution < -0.4 is 0 Å². The quantitative estimate of drug-likeness (QED) is 0.232. The molecule has 3 atom stereocenters. The van der Waals surface area contributed by atoms with Crippen LogP contribution in [0.5, 0.6) is 0 Å². The summed E-state index contributed by atoms with van der Waals surface area (Å²) in [6.45, 7) is 21.4. The molecule has 3 unspecified atom stereocenters. The van der Waals surface area contributed by atoms with E-state index in [0.29, 0.717) is 16.2 Å². The van der Waals surface area contributed by atoms with E-state index in [1.807, 2.05) is 0 Å². The molecule has 0 heterocycles. The van der Waals surface area contributed by atoms with Crippen molar-refractivity contribution >= 4 is 0 Å². The third kappa shape index (κ3) is 13.4. The number of halogens is 3. The average molecular weight is 667 g/mol. The lowest BCUT2D eigenvalue weighted by Crippen LogP contribution is -2.22. The number of hydrogen-bond donors (Lipinski definition) is 0. The van der Waals surface area contributed by atoms with Crippen LogP contribution in [0.3, 0.4) is 0 Å². The number of methoxy groups -OCH3 is 1. The summed E-state index contributed by atoms with van der Waals surface area (Å²) >= 11 is 0. The van der Waals surface area contributed by atoms with Crippen molar-refractivity contribution in [3.8, 4) is 0 Å². The molecule has 3 aliphatic carbocycles. The van der Waals surface area contributed by atoms with E-state index in [1.165, 1.54) is 44.9 Å². The molecule has 3 aromatic carbocycles. The Kier molecular flexibility index (Phi) is 15.5. The molecular formula is C44H65F3O. The van der Waals surface area contributed by atoms with E-state index in [1.54, 1.807) is 47.6 Å². The first kappa shape index (κ1) is 41.6. The van der Waals surface area contributed by atoms with Gasteiger partial charge in [-0.3, -0.25) is 0 Å². The average Bonchev–Trinajstić information content (AvgIpc) is 3.62. The Bertz CT molecular complexity index is 1300. The highest BCUT2D eigenvalue weighted by Gasteiger charge is 2.33. The fourth-order valence-electron chi connectivity index (χ4n) is 7.57. The molecule has 3 aromatic rings. The zero-order valence-corrected chi connectivity index (χ0v) is 32.2. The minimum absolute atomic E-state index is 0.188. The lowest BCUT2D eigenvalue weighted by atomic mass is 9.69. The molecule has 0 saturated carbocycles. The molecule has 268 valence electrons. The summed E-state index contributed by atoms with van der Waals surface area (Å²) in [6.07, 6.45) is 5.23. The highest BCUT2D eigenvalue weighted by atomic mass is 19.4. The summed E-state index contributed by atoms with van der Waals surface area (Å²) in [4.78, 5) is 0. The Hall–Kier alpha value is -2.59. The lowest BCUT2D eigenvalue weighted by molar-refractivity contribution is -0.110. The van der Waals surface area contributed by atoms with E-state index in [4.69, 9.17) is 0 Å². The third-order valence-corrected chi connectivity index (χ3v) is 9.77. The van der Waals surface area contributed by atoms with Gasteiger partial charge in [-0.2, -0.15) is 13.2 Å². The summed E-state index contributed by atoms with van der Waals surface area (Å²) in [5.74, 6) is 2.29. The van der Waals surface area contributed by atoms with E-state index in [-0.39, 0.29) is 6.92 Å². The Labute approximate surface area is 292 Å². The van der Waals surface area contributed by atoms with Crippen LogP contribution in [-0.2, 0) is 24.0 Å². The van der Waals surface area contributed by atoms with E-state index in [9.17, 15) is 13.2 Å². The van der Waals surface area contributed by atoms with Crippen LogP contribution in [0.2, 0.25) is 0 Å². The van der Waals surface area contributed by atoms with Crippen molar-refractivity contribution in [2.75, 3.05) is 14.2 Å². The van der Waals surface area contributed by atoms with Gasteiger partial charge < -0.3 is 4.74 Å². The highest BCUT2D eigenvalue weighted by Crippen LogP contribution is 2.46. The molecular weight excluding hydrogens is 601 g/mol. The first-order chi connectivity index (χ1) is 22.2. The van der Waals surface area contributed by atoms with E-state index in [0.717, 1.165) is 17.8 Å². The minimum Gasteiger partial charge on any atom is -0.388 e. The zero-order chi connectivity index (χ0) is 36.3. The molecule has 0 N–H and O–H groups in total. The van der Waals surface area contributed by atoms with Crippen molar-refractivity contribution < 1.29 is 17.9 Å². The number of hydrogen-bond acceptors (Lipinski definition) is 1. The second kappa shape index (κ2) is 17.9.